The monoisotopic (exact) mass is 382 g/mol. The van der Waals surface area contributed by atoms with Crippen LogP contribution in [0.2, 0.25) is 0 Å². The first-order chi connectivity index (χ1) is 13.2. The molecule has 0 bridgehead atoms. The molecule has 0 amide bonds. The van der Waals surface area contributed by atoms with Crippen LogP contribution in [0.25, 0.3) is 10.8 Å². The van der Waals surface area contributed by atoms with Gasteiger partial charge in [-0.25, -0.2) is 4.98 Å². The quantitative estimate of drug-likeness (QED) is 0.412. The summed E-state index contributed by atoms with van der Waals surface area (Å²) in [5.41, 5.74) is 3.01. The average Bonchev–Trinajstić information content (AvgIpc) is 2.71. The summed E-state index contributed by atoms with van der Waals surface area (Å²) in [5, 5.41) is 3.06. The molecule has 0 fully saturated rings. The maximum Gasteiger partial charge on any atom is 0.254 e. The van der Waals surface area contributed by atoms with Gasteiger partial charge in [0.05, 0.1) is 5.69 Å². The van der Waals surface area contributed by atoms with Crippen LogP contribution in [0.3, 0.4) is 0 Å². The van der Waals surface area contributed by atoms with Gasteiger partial charge in [-0.15, -0.1) is 0 Å². The number of hydrogen-bond acceptors (Lipinski definition) is 5. The first kappa shape index (κ1) is 18.1. The van der Waals surface area contributed by atoms with Crippen molar-refractivity contribution in [2.75, 3.05) is 20.2 Å². The third-order valence-corrected chi connectivity index (χ3v) is 5.69. The maximum absolute atomic E-state index is 12.3. The molecule has 3 aromatic rings. The summed E-state index contributed by atoms with van der Waals surface area (Å²) in [6, 6.07) is 12.5. The molecule has 1 aliphatic rings. The topological polar surface area (TPSA) is 64.2 Å². The first-order valence-electron chi connectivity index (χ1n) is 9.00. The lowest BCUT2D eigenvalue weighted by Gasteiger charge is -2.25. The number of aromatic nitrogens is 2. The van der Waals surface area contributed by atoms with E-state index in [1.54, 1.807) is 7.11 Å². The summed E-state index contributed by atoms with van der Waals surface area (Å²) < 4.78 is 10.8. The van der Waals surface area contributed by atoms with Gasteiger partial charge in [0.15, 0.2) is 11.9 Å². The zero-order chi connectivity index (χ0) is 18.8. The van der Waals surface area contributed by atoms with Gasteiger partial charge < -0.3 is 14.5 Å². The number of nitrogens with one attached hydrogen (secondary N) is 1. The number of ether oxygens (including phenoxy) is 2. The molecule has 1 heterocycles. The summed E-state index contributed by atoms with van der Waals surface area (Å²) in [4.78, 5) is 19.9. The van der Waals surface area contributed by atoms with Crippen LogP contribution in [0.1, 0.15) is 29.2 Å². The molecular weight excluding hydrogens is 360 g/mol. The normalized spacial score (nSPS) is 16.3. The van der Waals surface area contributed by atoms with E-state index in [0.29, 0.717) is 11.1 Å². The number of fused-ring (bicyclic) bond motifs is 2. The Morgan fingerprint density at radius 3 is 2.96 bits per heavy atom. The van der Waals surface area contributed by atoms with Crippen molar-refractivity contribution in [1.29, 1.82) is 0 Å². The lowest BCUT2D eigenvalue weighted by molar-refractivity contribution is 0.0511. The van der Waals surface area contributed by atoms with Crippen LogP contribution in [-0.2, 0) is 17.6 Å². The number of thioether (sulfide) groups is 1. The second-order valence-electron chi connectivity index (χ2n) is 6.72. The van der Waals surface area contributed by atoms with Crippen LogP contribution in [0.15, 0.2) is 46.3 Å². The number of hydrogen-bond donors (Lipinski definition) is 1. The van der Waals surface area contributed by atoms with E-state index in [1.165, 1.54) is 22.7 Å². The summed E-state index contributed by atoms with van der Waals surface area (Å²) >= 11 is 1.47. The fourth-order valence-electron chi connectivity index (χ4n) is 3.82. The van der Waals surface area contributed by atoms with E-state index in [2.05, 4.69) is 34.2 Å². The van der Waals surface area contributed by atoms with Crippen LogP contribution >= 0.6 is 11.8 Å². The molecule has 1 unspecified atom stereocenters. The van der Waals surface area contributed by atoms with Crippen molar-refractivity contribution in [2.24, 2.45) is 0 Å². The van der Waals surface area contributed by atoms with E-state index in [1.807, 2.05) is 18.4 Å². The molecule has 0 spiro atoms. The highest BCUT2D eigenvalue weighted by molar-refractivity contribution is 7.98. The molecular formula is C21H22N2O3S. The predicted octanol–water partition coefficient (Wildman–Crippen LogP) is 3.90. The molecule has 0 saturated carbocycles. The van der Waals surface area contributed by atoms with E-state index in [9.17, 15) is 4.79 Å². The van der Waals surface area contributed by atoms with Gasteiger partial charge >= 0.3 is 0 Å². The summed E-state index contributed by atoms with van der Waals surface area (Å²) in [5.74, 6) is 1.11. The van der Waals surface area contributed by atoms with Crippen LogP contribution in [0.4, 0.5) is 0 Å². The van der Waals surface area contributed by atoms with Gasteiger partial charge in [0.25, 0.3) is 5.56 Å². The number of benzene rings is 2. The maximum atomic E-state index is 12.3. The highest BCUT2D eigenvalue weighted by atomic mass is 32.2. The smallest absolute Gasteiger partial charge is 0.254 e. The minimum absolute atomic E-state index is 0.00448. The third-order valence-electron chi connectivity index (χ3n) is 5.11. The Morgan fingerprint density at radius 1 is 1.30 bits per heavy atom. The summed E-state index contributed by atoms with van der Waals surface area (Å²) in [6.45, 7) is 0.222. The van der Waals surface area contributed by atoms with Crippen molar-refractivity contribution in [3.63, 3.8) is 0 Å². The fourth-order valence-corrected chi connectivity index (χ4v) is 4.22. The molecule has 2 aromatic carbocycles. The Bertz CT molecular complexity index is 1030. The third kappa shape index (κ3) is 3.59. The lowest BCUT2D eigenvalue weighted by Crippen LogP contribution is -2.25. The van der Waals surface area contributed by atoms with E-state index < -0.39 is 0 Å². The van der Waals surface area contributed by atoms with Gasteiger partial charge in [-0.1, -0.05) is 36.0 Å². The van der Waals surface area contributed by atoms with Gasteiger partial charge in [0.2, 0.25) is 0 Å². The zero-order valence-electron chi connectivity index (χ0n) is 15.5. The van der Waals surface area contributed by atoms with Crippen molar-refractivity contribution >= 4 is 22.5 Å². The Morgan fingerprint density at radius 2 is 2.15 bits per heavy atom. The SMILES string of the molecule is COCOc1cc(C2CCc3c(nc(SC)[nH]c3=O)C2)c2ccccc2c1. The van der Waals surface area contributed by atoms with Crippen LogP contribution < -0.4 is 10.3 Å². The molecule has 0 radical (unpaired) electrons. The van der Waals surface area contributed by atoms with Crippen molar-refractivity contribution in [1.82, 2.24) is 9.97 Å². The van der Waals surface area contributed by atoms with Gasteiger partial charge in [-0.3, -0.25) is 4.79 Å². The highest BCUT2D eigenvalue weighted by Gasteiger charge is 2.25. The van der Waals surface area contributed by atoms with E-state index >= 15 is 0 Å². The van der Waals surface area contributed by atoms with Crippen LogP contribution in [0, 0.1) is 0 Å². The van der Waals surface area contributed by atoms with Gasteiger partial charge in [0.1, 0.15) is 5.75 Å². The van der Waals surface area contributed by atoms with E-state index in [0.717, 1.165) is 41.7 Å². The molecule has 5 nitrogen and oxygen atoms in total. The second-order valence-corrected chi connectivity index (χ2v) is 7.52. The Hall–Kier alpha value is -2.31. The molecule has 1 aliphatic carbocycles. The van der Waals surface area contributed by atoms with Crippen molar-refractivity contribution in [2.45, 2.75) is 30.3 Å². The number of rotatable bonds is 5. The molecule has 1 aromatic heterocycles. The lowest BCUT2D eigenvalue weighted by atomic mass is 9.81. The Balaban J connectivity index is 1.76. The standard InChI is InChI=1S/C21H22N2O3S/c1-25-12-26-15-9-13-5-3-4-6-16(13)18(11-15)14-7-8-17-19(10-14)22-21(27-2)23-20(17)24/h3-6,9,11,14H,7-8,10,12H2,1-2H3,(H,22,23,24). The van der Waals surface area contributed by atoms with E-state index in [4.69, 9.17) is 9.47 Å². The number of aromatic amines is 1. The highest BCUT2D eigenvalue weighted by Crippen LogP contribution is 2.37. The average molecular weight is 382 g/mol. The predicted molar refractivity (Wildman–Crippen MR) is 108 cm³/mol. The van der Waals surface area contributed by atoms with Crippen LogP contribution in [-0.4, -0.2) is 30.1 Å². The Kier molecular flexibility index (Phi) is 5.18. The zero-order valence-corrected chi connectivity index (χ0v) is 16.3. The molecule has 1 N–H and O–H groups in total. The molecule has 4 rings (SSSR count). The summed E-state index contributed by atoms with van der Waals surface area (Å²) in [7, 11) is 1.62. The second kappa shape index (κ2) is 7.74. The largest absolute Gasteiger partial charge is 0.468 e. The minimum Gasteiger partial charge on any atom is -0.468 e. The molecule has 0 aliphatic heterocycles. The molecule has 27 heavy (non-hydrogen) atoms. The minimum atomic E-state index is 0.00448. The van der Waals surface area contributed by atoms with Crippen molar-refractivity contribution < 1.29 is 9.47 Å². The van der Waals surface area contributed by atoms with Gasteiger partial charge in [-0.05, 0) is 59.9 Å². The Labute approximate surface area is 162 Å². The fraction of sp³-hybridized carbons (Fsp3) is 0.333. The number of methoxy groups -OCH3 is 1. The molecule has 1 atom stereocenters. The number of nitrogens with zero attached hydrogens (tertiary/aromatic N) is 1. The van der Waals surface area contributed by atoms with Gasteiger partial charge in [0, 0.05) is 12.7 Å². The molecule has 0 saturated heterocycles. The van der Waals surface area contributed by atoms with Gasteiger partial charge in [-0.2, -0.15) is 0 Å². The molecule has 140 valence electrons. The van der Waals surface area contributed by atoms with Crippen molar-refractivity contribution in [3.05, 3.63) is 63.6 Å². The van der Waals surface area contributed by atoms with E-state index in [-0.39, 0.29) is 12.4 Å². The molecule has 6 heteroatoms. The van der Waals surface area contributed by atoms with Crippen molar-refractivity contribution in [3.8, 4) is 5.75 Å². The van der Waals surface area contributed by atoms with Crippen LogP contribution in [0.5, 0.6) is 5.75 Å². The first-order valence-corrected chi connectivity index (χ1v) is 10.2. The number of H-pyrrole nitrogens is 1. The summed E-state index contributed by atoms with van der Waals surface area (Å²) in [6.07, 6.45) is 4.36.